The minimum absolute atomic E-state index is 0.797. The van der Waals surface area contributed by atoms with Crippen molar-refractivity contribution in [3.05, 3.63) is 12.7 Å². The second-order valence-corrected chi connectivity index (χ2v) is 4.86. The van der Waals surface area contributed by atoms with Crippen LogP contribution in [0.4, 0.5) is 0 Å². The lowest BCUT2D eigenvalue weighted by Gasteiger charge is -2.17. The van der Waals surface area contributed by atoms with Crippen molar-refractivity contribution in [2.24, 2.45) is 5.92 Å². The van der Waals surface area contributed by atoms with Crippen molar-refractivity contribution >= 4 is 0 Å². The summed E-state index contributed by atoms with van der Waals surface area (Å²) in [7, 11) is 0. The van der Waals surface area contributed by atoms with Crippen LogP contribution in [-0.2, 0) is 0 Å². The van der Waals surface area contributed by atoms with E-state index in [1.54, 1.807) is 0 Å². The number of hydrogen-bond donors (Lipinski definition) is 1. The van der Waals surface area contributed by atoms with Crippen LogP contribution in [0.1, 0.15) is 58.3 Å². The smallest absolute Gasteiger partial charge is 0.00695 e. The fraction of sp³-hybridized carbons (Fsp3) is 0.857. The van der Waals surface area contributed by atoms with Crippen molar-refractivity contribution in [2.75, 3.05) is 6.54 Å². The zero-order valence-electron chi connectivity index (χ0n) is 10.3. The van der Waals surface area contributed by atoms with E-state index in [1.165, 1.54) is 51.4 Å². The molecular formula is C14H27N. The average molecular weight is 209 g/mol. The van der Waals surface area contributed by atoms with Crippen LogP contribution in [0.25, 0.3) is 0 Å². The minimum Gasteiger partial charge on any atom is -0.314 e. The number of rotatable bonds is 10. The molecule has 1 aliphatic carbocycles. The Kier molecular flexibility index (Phi) is 6.74. The predicted molar refractivity (Wildman–Crippen MR) is 68.1 cm³/mol. The molecule has 1 aliphatic rings. The first-order valence-corrected chi connectivity index (χ1v) is 6.71. The normalized spacial score (nSPS) is 17.7. The Labute approximate surface area is 95.3 Å². The van der Waals surface area contributed by atoms with Gasteiger partial charge < -0.3 is 5.32 Å². The fourth-order valence-corrected chi connectivity index (χ4v) is 2.20. The van der Waals surface area contributed by atoms with Crippen LogP contribution in [-0.4, -0.2) is 12.6 Å². The largest absolute Gasteiger partial charge is 0.314 e. The lowest BCUT2D eigenvalue weighted by Crippen LogP contribution is -2.29. The van der Waals surface area contributed by atoms with E-state index in [2.05, 4.69) is 18.8 Å². The molecule has 0 aromatic rings. The zero-order chi connectivity index (χ0) is 10.9. The van der Waals surface area contributed by atoms with Gasteiger partial charge in [0.2, 0.25) is 0 Å². The third-order valence-electron chi connectivity index (χ3n) is 3.27. The molecule has 1 nitrogen and oxygen atoms in total. The van der Waals surface area contributed by atoms with Crippen LogP contribution in [0.5, 0.6) is 0 Å². The molecule has 1 fully saturated rings. The molecule has 1 saturated carbocycles. The second kappa shape index (κ2) is 7.92. The maximum atomic E-state index is 3.76. The Morgan fingerprint density at radius 3 is 2.73 bits per heavy atom. The van der Waals surface area contributed by atoms with Gasteiger partial charge in [0.05, 0.1) is 0 Å². The van der Waals surface area contributed by atoms with Crippen molar-refractivity contribution in [2.45, 2.75) is 64.3 Å². The van der Waals surface area contributed by atoms with E-state index in [-0.39, 0.29) is 0 Å². The summed E-state index contributed by atoms with van der Waals surface area (Å²) in [5.74, 6) is 1.06. The molecule has 1 N–H and O–H groups in total. The Hall–Kier alpha value is -0.300. The van der Waals surface area contributed by atoms with Crippen LogP contribution in [0.2, 0.25) is 0 Å². The van der Waals surface area contributed by atoms with Gasteiger partial charge in [0.1, 0.15) is 0 Å². The molecule has 1 unspecified atom stereocenters. The van der Waals surface area contributed by atoms with Gasteiger partial charge in [-0.3, -0.25) is 0 Å². The van der Waals surface area contributed by atoms with Crippen molar-refractivity contribution in [1.29, 1.82) is 0 Å². The Morgan fingerprint density at radius 1 is 1.33 bits per heavy atom. The van der Waals surface area contributed by atoms with Gasteiger partial charge in [-0.15, -0.1) is 6.58 Å². The first-order chi connectivity index (χ1) is 7.36. The summed E-state index contributed by atoms with van der Waals surface area (Å²) in [5, 5.41) is 3.62. The summed E-state index contributed by atoms with van der Waals surface area (Å²) in [5.41, 5.74) is 0. The highest BCUT2D eigenvalue weighted by Gasteiger charge is 2.24. The minimum atomic E-state index is 0.797. The highest BCUT2D eigenvalue weighted by Crippen LogP contribution is 2.34. The van der Waals surface area contributed by atoms with Gasteiger partial charge in [0.15, 0.2) is 0 Å². The van der Waals surface area contributed by atoms with Gasteiger partial charge in [-0.25, -0.2) is 0 Å². The maximum Gasteiger partial charge on any atom is 0.00695 e. The van der Waals surface area contributed by atoms with Gasteiger partial charge in [-0.05, 0) is 38.1 Å². The Morgan fingerprint density at radius 2 is 2.13 bits per heavy atom. The van der Waals surface area contributed by atoms with Crippen LogP contribution in [0.15, 0.2) is 12.7 Å². The third kappa shape index (κ3) is 6.72. The van der Waals surface area contributed by atoms with Gasteiger partial charge in [0, 0.05) is 6.04 Å². The third-order valence-corrected chi connectivity index (χ3v) is 3.27. The number of unbranched alkanes of at least 4 members (excludes halogenated alkanes) is 3. The summed E-state index contributed by atoms with van der Waals surface area (Å²) in [6, 6.07) is 0.797. The van der Waals surface area contributed by atoms with Crippen LogP contribution in [0.3, 0.4) is 0 Å². The van der Waals surface area contributed by atoms with E-state index >= 15 is 0 Å². The summed E-state index contributed by atoms with van der Waals surface area (Å²) in [4.78, 5) is 0. The topological polar surface area (TPSA) is 12.0 Å². The predicted octanol–water partition coefficient (Wildman–Crippen LogP) is 3.90. The van der Waals surface area contributed by atoms with Crippen molar-refractivity contribution in [3.8, 4) is 0 Å². The lowest BCUT2D eigenvalue weighted by atomic mass is 10.0. The second-order valence-electron chi connectivity index (χ2n) is 4.86. The summed E-state index contributed by atoms with van der Waals surface area (Å²) in [6.45, 7) is 7.11. The molecule has 1 heteroatoms. The highest BCUT2D eigenvalue weighted by atomic mass is 14.9. The Bertz CT molecular complexity index is 161. The molecule has 0 radical (unpaired) electrons. The Balaban J connectivity index is 1.99. The van der Waals surface area contributed by atoms with Gasteiger partial charge in [0.25, 0.3) is 0 Å². The molecular weight excluding hydrogens is 182 g/mol. The summed E-state index contributed by atoms with van der Waals surface area (Å²) < 4.78 is 0. The quantitative estimate of drug-likeness (QED) is 0.425. The first-order valence-electron chi connectivity index (χ1n) is 6.71. The first kappa shape index (κ1) is 12.8. The summed E-state index contributed by atoms with van der Waals surface area (Å²) in [6.07, 6.45) is 13.1. The van der Waals surface area contributed by atoms with Crippen molar-refractivity contribution in [1.82, 2.24) is 5.32 Å². The molecule has 0 heterocycles. The molecule has 0 aliphatic heterocycles. The van der Waals surface area contributed by atoms with E-state index in [4.69, 9.17) is 0 Å². The number of nitrogens with one attached hydrogen (secondary N) is 1. The number of allylic oxidation sites excluding steroid dienone is 1. The fourth-order valence-electron chi connectivity index (χ4n) is 2.20. The van der Waals surface area contributed by atoms with Crippen LogP contribution < -0.4 is 5.32 Å². The van der Waals surface area contributed by atoms with E-state index in [9.17, 15) is 0 Å². The maximum absolute atomic E-state index is 3.76. The van der Waals surface area contributed by atoms with Crippen molar-refractivity contribution in [3.63, 3.8) is 0 Å². The monoisotopic (exact) mass is 209 g/mol. The zero-order valence-corrected chi connectivity index (χ0v) is 10.3. The van der Waals surface area contributed by atoms with E-state index < -0.39 is 0 Å². The van der Waals surface area contributed by atoms with Gasteiger partial charge >= 0.3 is 0 Å². The van der Waals surface area contributed by atoms with E-state index in [1.807, 2.05) is 6.08 Å². The molecule has 1 atom stereocenters. The summed E-state index contributed by atoms with van der Waals surface area (Å²) >= 11 is 0. The van der Waals surface area contributed by atoms with Crippen molar-refractivity contribution < 1.29 is 0 Å². The molecule has 1 rings (SSSR count). The van der Waals surface area contributed by atoms with Gasteiger partial charge in [-0.2, -0.15) is 0 Å². The highest BCUT2D eigenvalue weighted by molar-refractivity contribution is 4.80. The average Bonchev–Trinajstić information content (AvgIpc) is 3.01. The molecule has 0 aromatic carbocycles. The van der Waals surface area contributed by atoms with Gasteiger partial charge in [-0.1, -0.05) is 38.7 Å². The molecule has 0 spiro atoms. The van der Waals surface area contributed by atoms with E-state index in [0.29, 0.717) is 0 Å². The standard InChI is InChI=1S/C14H27N/c1-3-5-6-7-8-9-14(15-4-2)12-13-10-11-13/h3,13-15H,1,4-12H2,2H3. The molecule has 88 valence electrons. The molecule has 0 amide bonds. The molecule has 0 bridgehead atoms. The SMILES string of the molecule is C=CCCCCCC(CC1CC1)NCC. The van der Waals surface area contributed by atoms with Crippen LogP contribution >= 0.6 is 0 Å². The van der Waals surface area contributed by atoms with E-state index in [0.717, 1.165) is 18.5 Å². The molecule has 0 aromatic heterocycles. The molecule has 15 heavy (non-hydrogen) atoms. The molecule has 0 saturated heterocycles. The van der Waals surface area contributed by atoms with Crippen LogP contribution in [0, 0.1) is 5.92 Å². The number of hydrogen-bond acceptors (Lipinski definition) is 1. The lowest BCUT2D eigenvalue weighted by molar-refractivity contribution is 0.424.